The monoisotopic (exact) mass is 414 g/mol. The average Bonchev–Trinajstić information content (AvgIpc) is 2.73. The lowest BCUT2D eigenvalue weighted by molar-refractivity contribution is -0.127. The number of sulfonamides is 1. The van der Waals surface area contributed by atoms with Crippen molar-refractivity contribution in [2.75, 3.05) is 12.3 Å². The molecule has 2 aromatic rings. The first-order valence-electron chi connectivity index (χ1n) is 10.3. The summed E-state index contributed by atoms with van der Waals surface area (Å²) < 4.78 is 27.2. The molecule has 2 N–H and O–H groups in total. The van der Waals surface area contributed by atoms with Gasteiger partial charge in [-0.1, -0.05) is 79.4 Å². The Morgan fingerprint density at radius 1 is 1.00 bits per heavy atom. The number of hydrogen-bond acceptors (Lipinski definition) is 3. The van der Waals surface area contributed by atoms with Crippen LogP contribution in [-0.4, -0.2) is 26.6 Å². The molecule has 5 nitrogen and oxygen atoms in total. The molecule has 1 aliphatic rings. The quantitative estimate of drug-likeness (QED) is 0.695. The smallest absolute Gasteiger partial charge is 0.230 e. The Labute approximate surface area is 174 Å². The zero-order valence-corrected chi connectivity index (χ0v) is 17.8. The second-order valence-electron chi connectivity index (χ2n) is 7.89. The summed E-state index contributed by atoms with van der Waals surface area (Å²) in [4.78, 5) is 13.2. The van der Waals surface area contributed by atoms with Crippen molar-refractivity contribution >= 4 is 15.9 Å². The minimum atomic E-state index is -3.46. The van der Waals surface area contributed by atoms with Gasteiger partial charge in [-0.3, -0.25) is 4.79 Å². The van der Waals surface area contributed by atoms with E-state index in [1.54, 1.807) is 0 Å². The molecular weight excluding hydrogens is 384 g/mol. The van der Waals surface area contributed by atoms with E-state index in [9.17, 15) is 13.2 Å². The Kier molecular flexibility index (Phi) is 7.09. The third-order valence-corrected chi connectivity index (χ3v) is 7.03. The van der Waals surface area contributed by atoms with E-state index in [0.29, 0.717) is 0 Å². The van der Waals surface area contributed by atoms with E-state index in [1.807, 2.05) is 55.5 Å². The molecule has 0 saturated heterocycles. The maximum atomic E-state index is 13.2. The number of carbonyl (C=O) groups excluding carboxylic acids is 1. The molecule has 2 aromatic carbocycles. The van der Waals surface area contributed by atoms with Crippen LogP contribution in [0.25, 0.3) is 0 Å². The van der Waals surface area contributed by atoms with Gasteiger partial charge < -0.3 is 5.32 Å². The van der Waals surface area contributed by atoms with Gasteiger partial charge in [0, 0.05) is 13.1 Å². The van der Waals surface area contributed by atoms with Crippen molar-refractivity contribution in [2.24, 2.45) is 0 Å². The van der Waals surface area contributed by atoms with Crippen molar-refractivity contribution in [3.8, 4) is 0 Å². The van der Waals surface area contributed by atoms with Crippen LogP contribution in [0, 0.1) is 6.92 Å². The first kappa shape index (κ1) is 21.5. The number of nitrogens with one attached hydrogen (secondary N) is 2. The molecule has 0 unspecified atom stereocenters. The minimum absolute atomic E-state index is 0.0546. The van der Waals surface area contributed by atoms with Crippen molar-refractivity contribution in [3.05, 3.63) is 71.3 Å². The van der Waals surface area contributed by atoms with Crippen molar-refractivity contribution in [1.82, 2.24) is 10.0 Å². The molecule has 6 heteroatoms. The molecule has 0 atom stereocenters. The Morgan fingerprint density at radius 3 is 2.41 bits per heavy atom. The molecule has 1 aliphatic carbocycles. The van der Waals surface area contributed by atoms with Crippen LogP contribution in [0.15, 0.2) is 54.6 Å². The molecule has 1 fully saturated rings. The number of rotatable bonds is 8. The molecule has 3 rings (SSSR count). The van der Waals surface area contributed by atoms with Crippen molar-refractivity contribution in [2.45, 2.75) is 51.0 Å². The van der Waals surface area contributed by atoms with E-state index in [-0.39, 0.29) is 24.7 Å². The highest BCUT2D eigenvalue weighted by atomic mass is 32.2. The second kappa shape index (κ2) is 9.55. The third-order valence-electron chi connectivity index (χ3n) is 5.71. The molecule has 1 saturated carbocycles. The van der Waals surface area contributed by atoms with E-state index >= 15 is 0 Å². The van der Waals surface area contributed by atoms with Gasteiger partial charge in [-0.05, 0) is 30.9 Å². The highest BCUT2D eigenvalue weighted by molar-refractivity contribution is 7.89. The standard InChI is InChI=1S/C23H30N2O3S/c1-19-9-8-12-21(17-19)23(13-6-3-7-14-23)22(26)24-15-16-29(27,28)25-18-20-10-4-2-5-11-20/h2,4-5,8-12,17,25H,3,6-7,13-16,18H2,1H3,(H,24,26). The highest BCUT2D eigenvalue weighted by Crippen LogP contribution is 2.40. The summed E-state index contributed by atoms with van der Waals surface area (Å²) in [5.41, 5.74) is 2.53. The molecule has 1 amide bonds. The summed E-state index contributed by atoms with van der Waals surface area (Å²) in [6, 6.07) is 17.5. The maximum Gasteiger partial charge on any atom is 0.230 e. The summed E-state index contributed by atoms with van der Waals surface area (Å²) in [7, 11) is -3.46. The van der Waals surface area contributed by atoms with E-state index in [0.717, 1.165) is 48.8 Å². The van der Waals surface area contributed by atoms with E-state index in [2.05, 4.69) is 16.1 Å². The van der Waals surface area contributed by atoms with Crippen LogP contribution in [0.5, 0.6) is 0 Å². The van der Waals surface area contributed by atoms with E-state index in [1.165, 1.54) is 0 Å². The van der Waals surface area contributed by atoms with Crippen LogP contribution < -0.4 is 10.0 Å². The van der Waals surface area contributed by atoms with Gasteiger partial charge in [-0.2, -0.15) is 0 Å². The van der Waals surface area contributed by atoms with Crippen LogP contribution in [0.3, 0.4) is 0 Å². The summed E-state index contributed by atoms with van der Waals surface area (Å²) in [6.45, 7) is 2.39. The molecule has 0 aliphatic heterocycles. The summed E-state index contributed by atoms with van der Waals surface area (Å²) in [5, 5.41) is 2.91. The molecule has 0 radical (unpaired) electrons. The SMILES string of the molecule is Cc1cccc(C2(C(=O)NCCS(=O)(=O)NCc3ccccc3)CCCCC2)c1. The van der Waals surface area contributed by atoms with Crippen LogP contribution >= 0.6 is 0 Å². The van der Waals surface area contributed by atoms with Crippen molar-refractivity contribution < 1.29 is 13.2 Å². The van der Waals surface area contributed by atoms with Gasteiger partial charge in [-0.15, -0.1) is 0 Å². The lowest BCUT2D eigenvalue weighted by Crippen LogP contribution is -2.47. The number of amides is 1. The summed E-state index contributed by atoms with van der Waals surface area (Å²) in [5.74, 6) is -0.184. The predicted molar refractivity (Wildman–Crippen MR) is 116 cm³/mol. The molecular formula is C23H30N2O3S. The molecule has 0 spiro atoms. The lowest BCUT2D eigenvalue weighted by Gasteiger charge is -2.36. The third kappa shape index (κ3) is 5.67. The number of benzene rings is 2. The van der Waals surface area contributed by atoms with E-state index < -0.39 is 15.4 Å². The number of carbonyl (C=O) groups is 1. The fraction of sp³-hybridized carbons (Fsp3) is 0.435. The van der Waals surface area contributed by atoms with Crippen LogP contribution in [-0.2, 0) is 26.8 Å². The van der Waals surface area contributed by atoms with Crippen LogP contribution in [0.1, 0.15) is 48.8 Å². The topological polar surface area (TPSA) is 75.3 Å². The van der Waals surface area contributed by atoms with Crippen LogP contribution in [0.2, 0.25) is 0 Å². The molecule has 29 heavy (non-hydrogen) atoms. The minimum Gasteiger partial charge on any atom is -0.354 e. The normalized spacial score (nSPS) is 16.3. The van der Waals surface area contributed by atoms with Crippen molar-refractivity contribution in [3.63, 3.8) is 0 Å². The Bertz CT molecular complexity index is 920. The molecule has 0 heterocycles. The Balaban J connectivity index is 1.60. The van der Waals surface area contributed by atoms with Gasteiger partial charge in [0.25, 0.3) is 0 Å². The highest BCUT2D eigenvalue weighted by Gasteiger charge is 2.41. The largest absolute Gasteiger partial charge is 0.354 e. The predicted octanol–water partition coefficient (Wildman–Crippen LogP) is 3.43. The molecule has 0 aromatic heterocycles. The summed E-state index contributed by atoms with van der Waals surface area (Å²) >= 11 is 0. The van der Waals surface area contributed by atoms with E-state index in [4.69, 9.17) is 0 Å². The first-order chi connectivity index (χ1) is 13.9. The second-order valence-corrected chi connectivity index (χ2v) is 9.82. The maximum absolute atomic E-state index is 13.2. The van der Waals surface area contributed by atoms with Gasteiger partial charge in [0.2, 0.25) is 15.9 Å². The van der Waals surface area contributed by atoms with Crippen LogP contribution in [0.4, 0.5) is 0 Å². The Hall–Kier alpha value is -2.18. The van der Waals surface area contributed by atoms with Gasteiger partial charge in [0.15, 0.2) is 0 Å². The number of aryl methyl sites for hydroxylation is 1. The lowest BCUT2D eigenvalue weighted by atomic mass is 9.68. The zero-order valence-electron chi connectivity index (χ0n) is 17.0. The number of hydrogen-bond donors (Lipinski definition) is 2. The fourth-order valence-corrected chi connectivity index (χ4v) is 4.98. The average molecular weight is 415 g/mol. The van der Waals surface area contributed by atoms with Gasteiger partial charge in [0.05, 0.1) is 11.2 Å². The van der Waals surface area contributed by atoms with Gasteiger partial charge in [0.1, 0.15) is 0 Å². The summed E-state index contributed by atoms with van der Waals surface area (Å²) in [6.07, 6.45) is 4.78. The molecule has 0 bridgehead atoms. The first-order valence-corrected chi connectivity index (χ1v) is 11.9. The van der Waals surface area contributed by atoms with Gasteiger partial charge >= 0.3 is 0 Å². The molecule has 156 valence electrons. The van der Waals surface area contributed by atoms with Gasteiger partial charge in [-0.25, -0.2) is 13.1 Å². The zero-order chi connectivity index (χ0) is 20.7. The fourth-order valence-electron chi connectivity index (χ4n) is 4.07. The Morgan fingerprint density at radius 2 is 1.72 bits per heavy atom. The van der Waals surface area contributed by atoms with Crippen molar-refractivity contribution in [1.29, 1.82) is 0 Å².